The topological polar surface area (TPSA) is 49.5 Å². The van der Waals surface area contributed by atoms with Crippen molar-refractivity contribution in [3.63, 3.8) is 0 Å². The highest BCUT2D eigenvalue weighted by atomic mass is 19.1. The van der Waals surface area contributed by atoms with Crippen LogP contribution in [0.4, 0.5) is 4.39 Å². The Kier molecular flexibility index (Phi) is 4.55. The van der Waals surface area contributed by atoms with Crippen molar-refractivity contribution in [2.24, 2.45) is 11.7 Å². The Bertz CT molecular complexity index is 422. The Morgan fingerprint density at radius 1 is 1.42 bits per heavy atom. The average Bonchev–Trinajstić information content (AvgIpc) is 2.78. The molecule has 106 valence electrons. The highest BCUT2D eigenvalue weighted by Gasteiger charge is 2.33. The van der Waals surface area contributed by atoms with Gasteiger partial charge in [0, 0.05) is 18.6 Å². The van der Waals surface area contributed by atoms with E-state index in [4.69, 9.17) is 5.73 Å². The molecule has 2 rings (SSSR count). The Hall–Kier alpha value is -0.970. The maximum absolute atomic E-state index is 13.4. The van der Waals surface area contributed by atoms with Gasteiger partial charge in [0.2, 0.25) is 0 Å². The molecule has 0 amide bonds. The highest BCUT2D eigenvalue weighted by molar-refractivity contribution is 5.22. The van der Waals surface area contributed by atoms with Crippen LogP contribution in [0.3, 0.4) is 0 Å². The van der Waals surface area contributed by atoms with Gasteiger partial charge in [-0.2, -0.15) is 0 Å². The number of nitrogens with two attached hydrogens (primary N) is 1. The summed E-state index contributed by atoms with van der Waals surface area (Å²) in [5.41, 5.74) is 7.01. The van der Waals surface area contributed by atoms with E-state index in [0.717, 1.165) is 25.1 Å². The number of benzene rings is 1. The lowest BCUT2D eigenvalue weighted by Gasteiger charge is -2.31. The highest BCUT2D eigenvalue weighted by Crippen LogP contribution is 2.31. The molecular formula is C15H23FN2O. The van der Waals surface area contributed by atoms with Gasteiger partial charge in [-0.1, -0.05) is 12.1 Å². The fraction of sp³-hybridized carbons (Fsp3) is 0.600. The maximum Gasteiger partial charge on any atom is 0.123 e. The molecule has 0 aliphatic carbocycles. The summed E-state index contributed by atoms with van der Waals surface area (Å²) in [6, 6.07) is 6.59. The molecule has 0 radical (unpaired) electrons. The number of aliphatic hydroxyl groups excluding tert-OH is 1. The fourth-order valence-corrected chi connectivity index (χ4v) is 3.00. The largest absolute Gasteiger partial charge is 0.393 e. The van der Waals surface area contributed by atoms with Gasteiger partial charge in [0.25, 0.3) is 0 Å². The third-order valence-corrected chi connectivity index (χ3v) is 4.02. The van der Waals surface area contributed by atoms with Gasteiger partial charge in [0.1, 0.15) is 5.82 Å². The third kappa shape index (κ3) is 3.32. The van der Waals surface area contributed by atoms with E-state index in [9.17, 15) is 9.50 Å². The van der Waals surface area contributed by atoms with Crippen molar-refractivity contribution < 1.29 is 9.50 Å². The zero-order valence-corrected chi connectivity index (χ0v) is 11.6. The number of nitrogens with zero attached hydrogens (tertiary/aromatic N) is 1. The van der Waals surface area contributed by atoms with E-state index in [0.29, 0.717) is 0 Å². The molecule has 0 bridgehead atoms. The van der Waals surface area contributed by atoms with Crippen molar-refractivity contribution in [3.8, 4) is 0 Å². The standard InChI is InChI=1S/C15H23FN2O/c1-10(17)15(12-4-3-5-14(16)8-12)18-7-6-13(9-18)11(2)19/h3-5,8,10-11,13,15,19H,6-7,9,17H2,1-2H3. The molecule has 19 heavy (non-hydrogen) atoms. The first-order chi connectivity index (χ1) is 8.99. The predicted molar refractivity (Wildman–Crippen MR) is 74.2 cm³/mol. The minimum absolute atomic E-state index is 0.0134. The van der Waals surface area contributed by atoms with Crippen LogP contribution in [-0.2, 0) is 0 Å². The van der Waals surface area contributed by atoms with Crippen LogP contribution in [0.1, 0.15) is 31.9 Å². The molecule has 1 aromatic carbocycles. The van der Waals surface area contributed by atoms with E-state index < -0.39 is 0 Å². The lowest BCUT2D eigenvalue weighted by Crippen LogP contribution is -2.39. The van der Waals surface area contributed by atoms with Crippen LogP contribution >= 0.6 is 0 Å². The second-order valence-electron chi connectivity index (χ2n) is 5.64. The molecule has 1 aliphatic rings. The van der Waals surface area contributed by atoms with Crippen molar-refractivity contribution in [3.05, 3.63) is 35.6 Å². The molecule has 0 saturated carbocycles. The first-order valence-corrected chi connectivity index (χ1v) is 6.92. The van der Waals surface area contributed by atoms with Gasteiger partial charge >= 0.3 is 0 Å². The summed E-state index contributed by atoms with van der Waals surface area (Å²) < 4.78 is 13.4. The Labute approximate surface area is 114 Å². The number of halogens is 1. The Balaban J connectivity index is 2.18. The monoisotopic (exact) mass is 266 g/mol. The van der Waals surface area contributed by atoms with Crippen molar-refractivity contribution >= 4 is 0 Å². The molecule has 1 aromatic rings. The van der Waals surface area contributed by atoms with Crippen LogP contribution in [0.15, 0.2) is 24.3 Å². The van der Waals surface area contributed by atoms with Crippen LogP contribution in [0, 0.1) is 11.7 Å². The van der Waals surface area contributed by atoms with E-state index in [1.54, 1.807) is 12.1 Å². The van der Waals surface area contributed by atoms with Crippen molar-refractivity contribution in [2.45, 2.75) is 38.5 Å². The van der Waals surface area contributed by atoms with Gasteiger partial charge in [-0.05, 0) is 50.4 Å². The molecule has 3 N–H and O–H groups in total. The van der Waals surface area contributed by atoms with E-state index in [1.165, 1.54) is 6.07 Å². The zero-order chi connectivity index (χ0) is 14.0. The van der Waals surface area contributed by atoms with Crippen molar-refractivity contribution in [2.75, 3.05) is 13.1 Å². The predicted octanol–water partition coefficient (Wildman–Crippen LogP) is 1.92. The second kappa shape index (κ2) is 5.99. The van der Waals surface area contributed by atoms with Crippen LogP contribution < -0.4 is 5.73 Å². The molecule has 1 heterocycles. The molecular weight excluding hydrogens is 243 g/mol. The summed E-state index contributed by atoms with van der Waals surface area (Å²) in [5.74, 6) is 0.0595. The summed E-state index contributed by atoms with van der Waals surface area (Å²) >= 11 is 0. The van der Waals surface area contributed by atoms with Gasteiger partial charge in [-0.3, -0.25) is 4.90 Å². The number of hydrogen-bond donors (Lipinski definition) is 2. The van der Waals surface area contributed by atoms with Crippen LogP contribution in [0.25, 0.3) is 0 Å². The molecule has 1 saturated heterocycles. The number of likely N-dealkylation sites (tertiary alicyclic amines) is 1. The number of rotatable bonds is 4. The average molecular weight is 266 g/mol. The fourth-order valence-electron chi connectivity index (χ4n) is 3.00. The zero-order valence-electron chi connectivity index (χ0n) is 11.6. The molecule has 3 nitrogen and oxygen atoms in total. The second-order valence-corrected chi connectivity index (χ2v) is 5.64. The van der Waals surface area contributed by atoms with Gasteiger partial charge in [-0.15, -0.1) is 0 Å². The Morgan fingerprint density at radius 2 is 2.16 bits per heavy atom. The Morgan fingerprint density at radius 3 is 2.68 bits per heavy atom. The van der Waals surface area contributed by atoms with Crippen LogP contribution in [0.2, 0.25) is 0 Å². The summed E-state index contributed by atoms with van der Waals surface area (Å²) in [7, 11) is 0. The number of aliphatic hydroxyl groups is 1. The lowest BCUT2D eigenvalue weighted by molar-refractivity contribution is 0.119. The number of hydrogen-bond acceptors (Lipinski definition) is 3. The minimum atomic E-state index is -0.300. The quantitative estimate of drug-likeness (QED) is 0.875. The van der Waals surface area contributed by atoms with E-state index in [2.05, 4.69) is 4.90 Å². The first kappa shape index (κ1) is 14.4. The van der Waals surface area contributed by atoms with Gasteiger partial charge < -0.3 is 10.8 Å². The lowest BCUT2D eigenvalue weighted by atomic mass is 9.99. The molecule has 4 unspecified atom stereocenters. The molecule has 0 aromatic heterocycles. The summed E-state index contributed by atoms with van der Waals surface area (Å²) in [6.45, 7) is 5.50. The molecule has 4 atom stereocenters. The third-order valence-electron chi connectivity index (χ3n) is 4.02. The van der Waals surface area contributed by atoms with Gasteiger partial charge in [0.05, 0.1) is 6.10 Å². The maximum atomic E-state index is 13.4. The van der Waals surface area contributed by atoms with Gasteiger partial charge in [0.15, 0.2) is 0 Å². The van der Waals surface area contributed by atoms with Crippen LogP contribution in [-0.4, -0.2) is 35.2 Å². The molecule has 0 spiro atoms. The molecule has 1 aliphatic heterocycles. The van der Waals surface area contributed by atoms with E-state index in [-0.39, 0.29) is 29.9 Å². The van der Waals surface area contributed by atoms with E-state index >= 15 is 0 Å². The molecule has 4 heteroatoms. The normalized spacial score (nSPS) is 25.2. The summed E-state index contributed by atoms with van der Waals surface area (Å²) in [4.78, 5) is 2.26. The summed E-state index contributed by atoms with van der Waals surface area (Å²) in [5, 5.41) is 9.69. The minimum Gasteiger partial charge on any atom is -0.393 e. The van der Waals surface area contributed by atoms with Gasteiger partial charge in [-0.25, -0.2) is 4.39 Å². The molecule has 1 fully saturated rings. The smallest absolute Gasteiger partial charge is 0.123 e. The van der Waals surface area contributed by atoms with E-state index in [1.807, 2.05) is 19.9 Å². The van der Waals surface area contributed by atoms with Crippen LogP contribution in [0.5, 0.6) is 0 Å². The summed E-state index contributed by atoms with van der Waals surface area (Å²) in [6.07, 6.45) is 0.669. The van der Waals surface area contributed by atoms with Crippen molar-refractivity contribution in [1.82, 2.24) is 4.90 Å². The first-order valence-electron chi connectivity index (χ1n) is 6.92. The SMILES string of the molecule is CC(N)C(c1cccc(F)c1)N1CCC(C(C)O)C1. The van der Waals surface area contributed by atoms with Crippen molar-refractivity contribution in [1.29, 1.82) is 0 Å².